The van der Waals surface area contributed by atoms with Crippen molar-refractivity contribution in [1.29, 1.82) is 0 Å². The third-order valence-corrected chi connectivity index (χ3v) is 4.44. The SMILES string of the molecule is CN1CCCCCC1=NC(=Nc1ccccc1)N1CCCC1. The molecule has 2 aliphatic rings. The van der Waals surface area contributed by atoms with Crippen molar-refractivity contribution in [1.82, 2.24) is 9.80 Å². The molecule has 0 unspecified atom stereocenters. The summed E-state index contributed by atoms with van der Waals surface area (Å²) in [7, 11) is 2.16. The van der Waals surface area contributed by atoms with E-state index in [1.807, 2.05) is 30.3 Å². The van der Waals surface area contributed by atoms with Crippen LogP contribution in [-0.4, -0.2) is 48.3 Å². The number of guanidine groups is 1. The fourth-order valence-electron chi connectivity index (χ4n) is 3.09. The maximum Gasteiger partial charge on any atom is 0.227 e. The molecular formula is C18H26N4. The largest absolute Gasteiger partial charge is 0.363 e. The van der Waals surface area contributed by atoms with Gasteiger partial charge in [0.1, 0.15) is 5.84 Å². The van der Waals surface area contributed by atoms with E-state index in [0.29, 0.717) is 0 Å². The molecule has 0 atom stereocenters. The number of hydrogen-bond acceptors (Lipinski definition) is 1. The number of rotatable bonds is 1. The van der Waals surface area contributed by atoms with Gasteiger partial charge in [-0.1, -0.05) is 24.6 Å². The number of benzene rings is 1. The predicted octanol–water partition coefficient (Wildman–Crippen LogP) is 3.67. The Morgan fingerprint density at radius 2 is 1.64 bits per heavy atom. The molecule has 0 aliphatic carbocycles. The Labute approximate surface area is 133 Å². The van der Waals surface area contributed by atoms with Crippen LogP contribution < -0.4 is 0 Å². The van der Waals surface area contributed by atoms with E-state index in [1.165, 1.54) is 37.9 Å². The van der Waals surface area contributed by atoms with Gasteiger partial charge in [-0.15, -0.1) is 0 Å². The molecule has 1 aromatic carbocycles. The Morgan fingerprint density at radius 1 is 0.909 bits per heavy atom. The Hall–Kier alpha value is -1.84. The smallest absolute Gasteiger partial charge is 0.227 e. The Balaban J connectivity index is 1.89. The fraction of sp³-hybridized carbons (Fsp3) is 0.556. The van der Waals surface area contributed by atoms with E-state index in [9.17, 15) is 0 Å². The third-order valence-electron chi connectivity index (χ3n) is 4.44. The summed E-state index contributed by atoms with van der Waals surface area (Å²) in [4.78, 5) is 14.4. The molecule has 0 aromatic heterocycles. The lowest BCUT2D eigenvalue weighted by molar-refractivity contribution is 0.488. The van der Waals surface area contributed by atoms with Crippen LogP contribution >= 0.6 is 0 Å². The Morgan fingerprint density at radius 3 is 2.41 bits per heavy atom. The van der Waals surface area contributed by atoms with Crippen LogP contribution in [0.15, 0.2) is 40.3 Å². The standard InChI is InChI=1S/C18H26N4/c1-21-13-7-3-6-12-17(21)20-18(22-14-8-9-15-22)19-16-10-4-2-5-11-16/h2,4-5,10-11H,3,6-9,12-15H2,1H3. The van der Waals surface area contributed by atoms with Crippen LogP contribution in [-0.2, 0) is 0 Å². The van der Waals surface area contributed by atoms with Crippen molar-refractivity contribution >= 4 is 17.5 Å². The highest BCUT2D eigenvalue weighted by molar-refractivity contribution is 5.97. The van der Waals surface area contributed by atoms with E-state index in [2.05, 4.69) is 16.8 Å². The second-order valence-corrected chi connectivity index (χ2v) is 6.20. The van der Waals surface area contributed by atoms with Gasteiger partial charge in [-0.3, -0.25) is 0 Å². The van der Waals surface area contributed by atoms with E-state index < -0.39 is 0 Å². The summed E-state index contributed by atoms with van der Waals surface area (Å²) in [5.74, 6) is 2.09. The average Bonchev–Trinajstić information content (AvgIpc) is 3.00. The first-order chi connectivity index (χ1) is 10.8. The predicted molar refractivity (Wildman–Crippen MR) is 92.9 cm³/mol. The van der Waals surface area contributed by atoms with Crippen LogP contribution in [0.25, 0.3) is 0 Å². The number of nitrogens with zero attached hydrogens (tertiary/aromatic N) is 4. The molecule has 2 saturated heterocycles. The molecule has 3 rings (SSSR count). The molecule has 4 nitrogen and oxygen atoms in total. The lowest BCUT2D eigenvalue weighted by Gasteiger charge is -2.22. The number of para-hydroxylation sites is 1. The molecule has 0 spiro atoms. The number of likely N-dealkylation sites (tertiary alicyclic amines) is 2. The molecule has 0 bridgehead atoms. The number of hydrogen-bond donors (Lipinski definition) is 0. The van der Waals surface area contributed by atoms with Gasteiger partial charge >= 0.3 is 0 Å². The van der Waals surface area contributed by atoms with E-state index in [0.717, 1.165) is 37.7 Å². The van der Waals surface area contributed by atoms with Gasteiger partial charge in [-0.25, -0.2) is 4.99 Å². The number of amidine groups is 1. The lowest BCUT2D eigenvalue weighted by Crippen LogP contribution is -2.32. The first kappa shape index (κ1) is 15.1. The quantitative estimate of drug-likeness (QED) is 0.585. The van der Waals surface area contributed by atoms with Gasteiger partial charge in [0.25, 0.3) is 0 Å². The third kappa shape index (κ3) is 3.87. The van der Waals surface area contributed by atoms with Crippen molar-refractivity contribution in [3.05, 3.63) is 30.3 Å². The monoisotopic (exact) mass is 298 g/mol. The van der Waals surface area contributed by atoms with Crippen molar-refractivity contribution < 1.29 is 0 Å². The Kier molecular flexibility index (Phi) is 5.09. The van der Waals surface area contributed by atoms with Crippen molar-refractivity contribution in [3.8, 4) is 0 Å². The maximum atomic E-state index is 4.97. The van der Waals surface area contributed by atoms with Gasteiger partial charge in [0.05, 0.1) is 5.69 Å². The second kappa shape index (κ2) is 7.43. The number of aliphatic imine (C=N–C) groups is 2. The molecule has 0 amide bonds. The molecule has 1 aromatic rings. The van der Waals surface area contributed by atoms with Gasteiger partial charge in [0, 0.05) is 33.1 Å². The summed E-state index contributed by atoms with van der Waals surface area (Å²) in [6, 6.07) is 10.2. The summed E-state index contributed by atoms with van der Waals surface area (Å²) < 4.78 is 0. The van der Waals surface area contributed by atoms with Gasteiger partial charge < -0.3 is 9.80 Å². The van der Waals surface area contributed by atoms with Crippen molar-refractivity contribution in [2.45, 2.75) is 38.5 Å². The van der Waals surface area contributed by atoms with E-state index in [-0.39, 0.29) is 0 Å². The molecule has 0 saturated carbocycles. The average molecular weight is 298 g/mol. The first-order valence-electron chi connectivity index (χ1n) is 8.50. The highest BCUT2D eigenvalue weighted by Gasteiger charge is 2.18. The summed E-state index contributed by atoms with van der Waals surface area (Å²) in [6.07, 6.45) is 7.37. The van der Waals surface area contributed by atoms with E-state index >= 15 is 0 Å². The van der Waals surface area contributed by atoms with Crippen molar-refractivity contribution in [2.75, 3.05) is 26.7 Å². The molecule has 0 N–H and O–H groups in total. The molecule has 2 aliphatic heterocycles. The lowest BCUT2D eigenvalue weighted by atomic mass is 10.2. The normalized spacial score (nSPS) is 22.2. The van der Waals surface area contributed by atoms with Gasteiger partial charge in [-0.2, -0.15) is 4.99 Å². The van der Waals surface area contributed by atoms with Crippen LogP contribution in [0.2, 0.25) is 0 Å². The van der Waals surface area contributed by atoms with Gasteiger partial charge in [-0.05, 0) is 37.8 Å². The highest BCUT2D eigenvalue weighted by Crippen LogP contribution is 2.17. The van der Waals surface area contributed by atoms with E-state index in [4.69, 9.17) is 9.98 Å². The fourth-order valence-corrected chi connectivity index (χ4v) is 3.09. The van der Waals surface area contributed by atoms with Crippen LogP contribution in [0.3, 0.4) is 0 Å². The minimum atomic E-state index is 0.896. The topological polar surface area (TPSA) is 31.2 Å². The van der Waals surface area contributed by atoms with Gasteiger partial charge in [0.2, 0.25) is 5.96 Å². The zero-order valence-corrected chi connectivity index (χ0v) is 13.5. The minimum Gasteiger partial charge on any atom is -0.363 e. The van der Waals surface area contributed by atoms with Crippen LogP contribution in [0.1, 0.15) is 38.5 Å². The zero-order valence-electron chi connectivity index (χ0n) is 13.5. The summed E-state index contributed by atoms with van der Waals surface area (Å²) in [5, 5.41) is 0. The first-order valence-corrected chi connectivity index (χ1v) is 8.50. The zero-order chi connectivity index (χ0) is 15.2. The summed E-state index contributed by atoms with van der Waals surface area (Å²) in [6.45, 7) is 3.26. The second-order valence-electron chi connectivity index (χ2n) is 6.20. The van der Waals surface area contributed by atoms with E-state index in [1.54, 1.807) is 0 Å². The molecule has 0 radical (unpaired) electrons. The van der Waals surface area contributed by atoms with Crippen molar-refractivity contribution in [3.63, 3.8) is 0 Å². The molecule has 118 valence electrons. The minimum absolute atomic E-state index is 0.896. The summed E-state index contributed by atoms with van der Waals surface area (Å²) in [5.41, 5.74) is 0.991. The van der Waals surface area contributed by atoms with Crippen LogP contribution in [0.5, 0.6) is 0 Å². The Bertz CT molecular complexity index is 529. The molecule has 22 heavy (non-hydrogen) atoms. The molecular weight excluding hydrogens is 272 g/mol. The van der Waals surface area contributed by atoms with Crippen molar-refractivity contribution in [2.24, 2.45) is 9.98 Å². The van der Waals surface area contributed by atoms with Crippen LogP contribution in [0.4, 0.5) is 5.69 Å². The molecule has 2 fully saturated rings. The summed E-state index contributed by atoms with van der Waals surface area (Å²) >= 11 is 0. The van der Waals surface area contributed by atoms with Gasteiger partial charge in [0.15, 0.2) is 0 Å². The molecule has 2 heterocycles. The van der Waals surface area contributed by atoms with Crippen LogP contribution in [0, 0.1) is 0 Å². The highest BCUT2D eigenvalue weighted by atomic mass is 15.3. The molecule has 4 heteroatoms. The maximum absolute atomic E-state index is 4.97.